The van der Waals surface area contributed by atoms with Gasteiger partial charge < -0.3 is 15.6 Å². The second kappa shape index (κ2) is 5.51. The summed E-state index contributed by atoms with van der Waals surface area (Å²) in [6.07, 6.45) is 0.571. The molecule has 1 atom stereocenters. The van der Waals surface area contributed by atoms with E-state index in [9.17, 15) is 8.42 Å². The molecule has 22 heavy (non-hydrogen) atoms. The molecule has 0 aliphatic carbocycles. The molecule has 3 rings (SSSR count). The zero-order chi connectivity index (χ0) is 15.8. The Morgan fingerprint density at radius 2 is 2.23 bits per heavy atom. The number of imidazole rings is 1. The Balaban J connectivity index is 1.58. The van der Waals surface area contributed by atoms with E-state index in [-0.39, 0.29) is 11.5 Å². The number of aromatic amines is 1. The first-order chi connectivity index (χ1) is 10.4. The lowest BCUT2D eigenvalue weighted by atomic mass is 10.0. The summed E-state index contributed by atoms with van der Waals surface area (Å²) in [5.74, 6) is 1.12. The molecule has 2 heterocycles. The van der Waals surface area contributed by atoms with Crippen molar-refractivity contribution in [3.63, 3.8) is 0 Å². The van der Waals surface area contributed by atoms with Gasteiger partial charge in [0, 0.05) is 0 Å². The van der Waals surface area contributed by atoms with Gasteiger partial charge in [-0.2, -0.15) is 0 Å². The highest BCUT2D eigenvalue weighted by molar-refractivity contribution is 7.91. The first kappa shape index (κ1) is 15.2. The van der Waals surface area contributed by atoms with Crippen molar-refractivity contribution in [2.24, 2.45) is 0 Å². The Hall–Kier alpha value is -1.67. The average Bonchev–Trinajstić information content (AvgIpc) is 2.96. The van der Waals surface area contributed by atoms with Gasteiger partial charge in [0.1, 0.15) is 5.82 Å². The van der Waals surface area contributed by atoms with Crippen LogP contribution in [0, 0.1) is 0 Å². The number of sulfone groups is 1. The number of rotatable bonds is 3. The molecule has 2 aromatic rings. The maximum atomic E-state index is 11.6. The lowest BCUT2D eigenvalue weighted by molar-refractivity contribution is 0.467. The largest absolute Gasteiger partial charge is 0.357 e. The third-order valence-corrected chi connectivity index (χ3v) is 5.92. The monoisotopic (exact) mass is 338 g/mol. The van der Waals surface area contributed by atoms with Crippen molar-refractivity contribution in [3.8, 4) is 0 Å². The highest BCUT2D eigenvalue weighted by atomic mass is 32.2. The van der Waals surface area contributed by atoms with Crippen LogP contribution < -0.4 is 10.6 Å². The van der Waals surface area contributed by atoms with Crippen molar-refractivity contribution in [3.05, 3.63) is 30.1 Å². The molecule has 0 bridgehead atoms. The van der Waals surface area contributed by atoms with Crippen molar-refractivity contribution < 1.29 is 8.42 Å². The number of nitrogens with zero attached hydrogens (tertiary/aromatic N) is 1. The van der Waals surface area contributed by atoms with Crippen LogP contribution in [0.4, 0.5) is 0 Å². The number of benzene rings is 1. The summed E-state index contributed by atoms with van der Waals surface area (Å²) < 4.78 is 23.2. The third-order valence-electron chi connectivity index (χ3n) is 3.77. The van der Waals surface area contributed by atoms with Gasteiger partial charge >= 0.3 is 0 Å². The number of H-pyrrole nitrogens is 1. The van der Waals surface area contributed by atoms with E-state index in [4.69, 9.17) is 12.2 Å². The second-order valence-corrected chi connectivity index (χ2v) is 8.50. The van der Waals surface area contributed by atoms with Crippen LogP contribution in [0.5, 0.6) is 0 Å². The molecule has 3 N–H and O–H groups in total. The minimum Gasteiger partial charge on any atom is -0.357 e. The van der Waals surface area contributed by atoms with Crippen molar-refractivity contribution in [1.82, 2.24) is 20.6 Å². The van der Waals surface area contributed by atoms with Crippen LogP contribution in [0.1, 0.15) is 19.2 Å². The highest BCUT2D eigenvalue weighted by Crippen LogP contribution is 2.22. The van der Waals surface area contributed by atoms with Gasteiger partial charge in [0.15, 0.2) is 14.9 Å². The van der Waals surface area contributed by atoms with Crippen LogP contribution >= 0.6 is 12.2 Å². The maximum absolute atomic E-state index is 11.6. The van der Waals surface area contributed by atoms with Crippen LogP contribution in [0.25, 0.3) is 11.0 Å². The van der Waals surface area contributed by atoms with E-state index in [2.05, 4.69) is 20.6 Å². The van der Waals surface area contributed by atoms with Gasteiger partial charge in [-0.25, -0.2) is 13.4 Å². The van der Waals surface area contributed by atoms with Crippen LogP contribution in [0.2, 0.25) is 0 Å². The van der Waals surface area contributed by atoms with Gasteiger partial charge in [-0.3, -0.25) is 0 Å². The van der Waals surface area contributed by atoms with Gasteiger partial charge in [-0.1, -0.05) is 12.1 Å². The van der Waals surface area contributed by atoms with E-state index in [0.29, 0.717) is 18.1 Å². The topological polar surface area (TPSA) is 86.9 Å². The number of para-hydroxylation sites is 2. The van der Waals surface area contributed by atoms with Gasteiger partial charge in [-0.05, 0) is 37.7 Å². The molecule has 6 nitrogen and oxygen atoms in total. The molecule has 118 valence electrons. The van der Waals surface area contributed by atoms with Crippen molar-refractivity contribution >= 4 is 38.2 Å². The molecule has 0 radical (unpaired) electrons. The Bertz CT molecular complexity index is 782. The number of hydrogen-bond acceptors (Lipinski definition) is 4. The molecule has 8 heteroatoms. The van der Waals surface area contributed by atoms with Crippen LogP contribution in [-0.4, -0.2) is 40.5 Å². The van der Waals surface area contributed by atoms with E-state index in [0.717, 1.165) is 16.9 Å². The standard InChI is InChI=1S/C14H18N4O2S2/c1-14(6-7-22(19,20)9-14)18-13(21)15-8-12-16-10-4-2-3-5-11(10)17-12/h2-5H,6-9H2,1H3,(H,16,17)(H2,15,18,21)/t14-/m1/s1. The summed E-state index contributed by atoms with van der Waals surface area (Å²) in [6, 6.07) is 7.79. The van der Waals surface area contributed by atoms with Crippen molar-refractivity contribution in [2.45, 2.75) is 25.4 Å². The van der Waals surface area contributed by atoms with E-state index in [1.807, 2.05) is 31.2 Å². The smallest absolute Gasteiger partial charge is 0.167 e. The molecule has 0 saturated carbocycles. The van der Waals surface area contributed by atoms with E-state index in [1.54, 1.807) is 0 Å². The number of aromatic nitrogens is 2. The average molecular weight is 338 g/mol. The van der Waals surface area contributed by atoms with E-state index < -0.39 is 15.4 Å². The molecule has 0 unspecified atom stereocenters. The summed E-state index contributed by atoms with van der Waals surface area (Å²) in [6.45, 7) is 2.34. The molecule has 1 aliphatic heterocycles. The maximum Gasteiger partial charge on any atom is 0.167 e. The first-order valence-corrected chi connectivity index (χ1v) is 9.28. The fourth-order valence-corrected chi connectivity index (χ4v) is 5.09. The zero-order valence-electron chi connectivity index (χ0n) is 12.2. The first-order valence-electron chi connectivity index (χ1n) is 7.05. The van der Waals surface area contributed by atoms with Gasteiger partial charge in [0.2, 0.25) is 0 Å². The molecule has 0 spiro atoms. The predicted octanol–water partition coefficient (Wildman–Crippen LogP) is 1.10. The lowest BCUT2D eigenvalue weighted by Crippen LogP contribution is -2.50. The SMILES string of the molecule is C[C@@]1(NC(=S)NCc2nc3ccccc3[nH]2)CCS(=O)(=O)C1. The minimum atomic E-state index is -2.95. The van der Waals surface area contributed by atoms with Crippen molar-refractivity contribution in [1.29, 1.82) is 0 Å². The van der Waals surface area contributed by atoms with Crippen LogP contribution in [0.15, 0.2) is 24.3 Å². The van der Waals surface area contributed by atoms with E-state index in [1.165, 1.54) is 0 Å². The molecule has 1 saturated heterocycles. The lowest BCUT2D eigenvalue weighted by Gasteiger charge is -2.25. The fraction of sp³-hybridized carbons (Fsp3) is 0.429. The quantitative estimate of drug-likeness (QED) is 0.727. The number of nitrogens with one attached hydrogen (secondary N) is 3. The Kier molecular flexibility index (Phi) is 3.82. The van der Waals surface area contributed by atoms with Gasteiger partial charge in [0.25, 0.3) is 0 Å². The molecule has 1 aliphatic rings. The molecular weight excluding hydrogens is 320 g/mol. The molecular formula is C14H18N4O2S2. The second-order valence-electron chi connectivity index (χ2n) is 5.91. The molecule has 1 fully saturated rings. The summed E-state index contributed by atoms with van der Waals surface area (Å²) in [4.78, 5) is 7.67. The summed E-state index contributed by atoms with van der Waals surface area (Å²) >= 11 is 5.26. The normalized spacial score (nSPS) is 23.5. The molecule has 0 amide bonds. The van der Waals surface area contributed by atoms with Gasteiger partial charge in [-0.15, -0.1) is 0 Å². The fourth-order valence-electron chi connectivity index (χ4n) is 2.68. The summed E-state index contributed by atoms with van der Waals surface area (Å²) in [7, 11) is -2.95. The molecule has 1 aromatic carbocycles. The molecule has 1 aromatic heterocycles. The summed E-state index contributed by atoms with van der Waals surface area (Å²) in [5, 5.41) is 6.63. The minimum absolute atomic E-state index is 0.118. The Labute approximate surface area is 134 Å². The number of thiocarbonyl (C=S) groups is 1. The third kappa shape index (κ3) is 3.38. The predicted molar refractivity (Wildman–Crippen MR) is 90.3 cm³/mol. The Morgan fingerprint density at radius 1 is 1.45 bits per heavy atom. The van der Waals surface area contributed by atoms with Gasteiger partial charge in [0.05, 0.1) is 34.6 Å². The van der Waals surface area contributed by atoms with E-state index >= 15 is 0 Å². The van der Waals surface area contributed by atoms with Crippen molar-refractivity contribution in [2.75, 3.05) is 11.5 Å². The highest BCUT2D eigenvalue weighted by Gasteiger charge is 2.38. The number of hydrogen-bond donors (Lipinski definition) is 3. The number of fused-ring (bicyclic) bond motifs is 1. The summed E-state index contributed by atoms with van der Waals surface area (Å²) in [5.41, 5.74) is 1.40. The van der Waals surface area contributed by atoms with Crippen LogP contribution in [-0.2, 0) is 16.4 Å². The van der Waals surface area contributed by atoms with Crippen LogP contribution in [0.3, 0.4) is 0 Å². The Morgan fingerprint density at radius 3 is 2.91 bits per heavy atom. The zero-order valence-corrected chi connectivity index (χ0v) is 13.9.